The lowest BCUT2D eigenvalue weighted by Gasteiger charge is -2.42. The van der Waals surface area contributed by atoms with E-state index in [9.17, 15) is 9.18 Å². The van der Waals surface area contributed by atoms with E-state index in [2.05, 4.69) is 46.7 Å². The Labute approximate surface area is 215 Å². The number of halogens is 1. The van der Waals surface area contributed by atoms with Crippen molar-refractivity contribution in [2.45, 2.75) is 77.2 Å². The van der Waals surface area contributed by atoms with E-state index in [0.717, 1.165) is 31.8 Å². The second-order valence-corrected chi connectivity index (χ2v) is 11.7. The zero-order valence-corrected chi connectivity index (χ0v) is 22.2. The molecule has 2 fully saturated rings. The molecule has 1 aliphatic carbocycles. The molecule has 0 aromatic rings. The van der Waals surface area contributed by atoms with Crippen LogP contribution in [0.1, 0.15) is 58.8 Å². The second kappa shape index (κ2) is 11.7. The number of nitrogens with zero attached hydrogens (tertiary/aromatic N) is 2. The van der Waals surface area contributed by atoms with Gasteiger partial charge in [-0.3, -0.25) is 20.0 Å². The highest BCUT2D eigenvalue weighted by Gasteiger charge is 2.44. The first-order valence-electron chi connectivity index (χ1n) is 13.8. The third kappa shape index (κ3) is 6.01. The summed E-state index contributed by atoms with van der Waals surface area (Å²) in [6, 6.07) is -0.497. The number of amides is 1. The highest BCUT2D eigenvalue weighted by atomic mass is 19.1. The van der Waals surface area contributed by atoms with Gasteiger partial charge in [0.25, 0.3) is 0 Å². The van der Waals surface area contributed by atoms with Gasteiger partial charge in [0.15, 0.2) is 0 Å². The average Bonchev–Trinajstić information content (AvgIpc) is 3.52. The fourth-order valence-electron chi connectivity index (χ4n) is 6.76. The molecule has 4 rings (SSSR count). The second-order valence-electron chi connectivity index (χ2n) is 11.7. The molecule has 8 nitrogen and oxygen atoms in total. The minimum absolute atomic E-state index is 0.155. The number of carbonyl (C=O) groups excluding carboxylic acids is 1. The Balaban J connectivity index is 1.59. The van der Waals surface area contributed by atoms with E-state index in [0.29, 0.717) is 24.7 Å². The molecule has 1 saturated heterocycles. The van der Waals surface area contributed by atoms with E-state index in [1.807, 2.05) is 6.20 Å². The molecule has 36 heavy (non-hydrogen) atoms. The molecule has 0 radical (unpaired) electrons. The number of aliphatic imine (C=N–C) groups is 1. The molecule has 0 aromatic heterocycles. The van der Waals surface area contributed by atoms with Gasteiger partial charge in [0.05, 0.1) is 30.5 Å². The molecule has 5 unspecified atom stereocenters. The molecule has 4 aliphatic rings. The lowest BCUT2D eigenvalue weighted by molar-refractivity contribution is -0.126. The van der Waals surface area contributed by atoms with E-state index in [4.69, 9.17) is 11.5 Å². The molecule has 3 aliphatic heterocycles. The lowest BCUT2D eigenvalue weighted by atomic mass is 9.74. The first-order valence-corrected chi connectivity index (χ1v) is 13.8. The number of nitrogens with two attached hydrogens (primary N) is 2. The third-order valence-corrected chi connectivity index (χ3v) is 9.20. The van der Waals surface area contributed by atoms with Crippen LogP contribution in [-0.2, 0) is 4.79 Å². The van der Waals surface area contributed by atoms with E-state index in [-0.39, 0.29) is 29.2 Å². The summed E-state index contributed by atoms with van der Waals surface area (Å²) in [4.78, 5) is 20.7. The summed E-state index contributed by atoms with van der Waals surface area (Å²) in [5.41, 5.74) is 13.1. The third-order valence-electron chi connectivity index (χ3n) is 9.20. The van der Waals surface area contributed by atoms with E-state index < -0.39 is 18.1 Å². The zero-order chi connectivity index (χ0) is 25.9. The van der Waals surface area contributed by atoms with Gasteiger partial charge in [-0.1, -0.05) is 46.0 Å². The summed E-state index contributed by atoms with van der Waals surface area (Å²) >= 11 is 0. The molecule has 0 aromatic carbocycles. The molecule has 3 heterocycles. The number of nitrogens with one attached hydrogen (secondary N) is 3. The maximum absolute atomic E-state index is 14.3. The number of carbonyl (C=O) groups is 1. The Bertz CT molecular complexity index is 868. The van der Waals surface area contributed by atoms with Crippen LogP contribution < -0.4 is 27.4 Å². The molecule has 9 heteroatoms. The van der Waals surface area contributed by atoms with Gasteiger partial charge in [-0.15, -0.1) is 0 Å². The molecular formula is C27H46FN7O. The summed E-state index contributed by atoms with van der Waals surface area (Å²) in [6.45, 7) is 7.02. The van der Waals surface area contributed by atoms with Crippen molar-refractivity contribution in [3.05, 3.63) is 23.8 Å². The van der Waals surface area contributed by atoms with Crippen molar-refractivity contribution in [3.8, 4) is 0 Å². The summed E-state index contributed by atoms with van der Waals surface area (Å²) in [5, 5.41) is 10.4. The monoisotopic (exact) mass is 503 g/mol. The van der Waals surface area contributed by atoms with Crippen molar-refractivity contribution in [2.24, 2.45) is 45.5 Å². The van der Waals surface area contributed by atoms with Crippen LogP contribution >= 0.6 is 0 Å². The number of hydrogen-bond acceptors (Lipinski definition) is 7. The maximum atomic E-state index is 14.3. The predicted molar refractivity (Wildman–Crippen MR) is 142 cm³/mol. The zero-order valence-electron chi connectivity index (χ0n) is 22.2. The Hall–Kier alpha value is -1.81. The van der Waals surface area contributed by atoms with Crippen LogP contribution in [0.2, 0.25) is 0 Å². The predicted octanol–water partition coefficient (Wildman–Crippen LogP) is 2.19. The molecule has 0 spiro atoms. The smallest absolute Gasteiger partial charge is 0.232 e. The number of hydrogen-bond donors (Lipinski definition) is 5. The number of allylic oxidation sites excluding steroid dienone is 2. The van der Waals surface area contributed by atoms with Crippen LogP contribution in [0, 0.1) is 29.1 Å². The van der Waals surface area contributed by atoms with E-state index >= 15 is 0 Å². The molecule has 1 amide bonds. The van der Waals surface area contributed by atoms with Crippen LogP contribution in [-0.4, -0.2) is 62.1 Å². The Morgan fingerprint density at radius 1 is 1.36 bits per heavy atom. The largest absolute Gasteiger partial charge is 0.389 e. The van der Waals surface area contributed by atoms with Gasteiger partial charge < -0.3 is 22.1 Å². The Morgan fingerprint density at radius 2 is 2.11 bits per heavy atom. The quantitative estimate of drug-likeness (QED) is 0.340. The fraction of sp³-hybridized carbons (Fsp3) is 0.778. The van der Waals surface area contributed by atoms with Gasteiger partial charge in [-0.05, 0) is 43.2 Å². The molecular weight excluding hydrogens is 457 g/mol. The minimum Gasteiger partial charge on any atom is -0.389 e. The van der Waals surface area contributed by atoms with Crippen LogP contribution in [0.5, 0.6) is 0 Å². The average molecular weight is 504 g/mol. The molecule has 1 saturated carbocycles. The van der Waals surface area contributed by atoms with Crippen LogP contribution in [0.3, 0.4) is 0 Å². The first-order chi connectivity index (χ1) is 17.2. The fourth-order valence-corrected chi connectivity index (χ4v) is 6.76. The summed E-state index contributed by atoms with van der Waals surface area (Å²) < 4.78 is 14.3. The van der Waals surface area contributed by atoms with Gasteiger partial charge in [-0.2, -0.15) is 0 Å². The summed E-state index contributed by atoms with van der Waals surface area (Å²) in [5.74, 6) is -0.151. The van der Waals surface area contributed by atoms with Crippen molar-refractivity contribution in [2.75, 3.05) is 26.7 Å². The Kier molecular flexibility index (Phi) is 8.86. The van der Waals surface area contributed by atoms with E-state index in [1.165, 1.54) is 31.9 Å². The van der Waals surface area contributed by atoms with Crippen LogP contribution in [0.15, 0.2) is 28.8 Å². The Morgan fingerprint density at radius 3 is 2.75 bits per heavy atom. The van der Waals surface area contributed by atoms with Crippen LogP contribution in [0.25, 0.3) is 0 Å². The van der Waals surface area contributed by atoms with Gasteiger partial charge in [0, 0.05) is 37.4 Å². The highest BCUT2D eigenvalue weighted by molar-refractivity contribution is 5.83. The van der Waals surface area contributed by atoms with Crippen molar-refractivity contribution in [1.82, 2.24) is 20.9 Å². The topological polar surface area (TPSA) is 121 Å². The highest BCUT2D eigenvalue weighted by Crippen LogP contribution is 2.41. The lowest BCUT2D eigenvalue weighted by Crippen LogP contribution is -2.56. The van der Waals surface area contributed by atoms with Crippen molar-refractivity contribution in [1.29, 1.82) is 0 Å². The van der Waals surface area contributed by atoms with Crippen molar-refractivity contribution in [3.63, 3.8) is 0 Å². The first kappa shape index (κ1) is 27.2. The standard InChI is InChI=1S/C27H46FN7O/c1-4-27(2)10-9-18(28)14-33-20(13-27)23(24(29)30)26(36)34-21-16-31-15-19(17-7-5-6-8-17)22(21)25-32-11-12-35(25)3/h9,14,16-17,19-20,22-25,31-32H,4-8,10-13,15,29-30H2,1-3H3,(H,34,36)/b18-9+,33-14-/t19?,20?,22?,23-,25?,27?/m0/s1. The van der Waals surface area contributed by atoms with Crippen LogP contribution in [0.4, 0.5) is 4.39 Å². The molecule has 202 valence electrons. The normalized spacial score (nSPS) is 37.4. The van der Waals surface area contributed by atoms with Gasteiger partial charge in [0.1, 0.15) is 5.83 Å². The molecule has 6 atom stereocenters. The number of likely N-dealkylation sites (N-methyl/N-ethyl adjacent to an activating group) is 1. The summed E-state index contributed by atoms with van der Waals surface area (Å²) in [6.07, 6.45) is 11.1. The maximum Gasteiger partial charge on any atom is 0.232 e. The number of rotatable bonds is 7. The SMILES string of the molecule is CCC1(C)C/C=C(F)\C=N/C([C@H](C(=O)NC2=CNCC(C3CCCC3)C2C2NCCN2C)C(N)N)C1. The molecule has 7 N–H and O–H groups in total. The summed E-state index contributed by atoms with van der Waals surface area (Å²) in [7, 11) is 2.15. The van der Waals surface area contributed by atoms with Crippen molar-refractivity contribution >= 4 is 12.1 Å². The van der Waals surface area contributed by atoms with E-state index in [1.54, 1.807) is 6.08 Å². The molecule has 0 bridgehead atoms. The van der Waals surface area contributed by atoms with Crippen molar-refractivity contribution < 1.29 is 9.18 Å². The minimum atomic E-state index is -0.909. The van der Waals surface area contributed by atoms with Gasteiger partial charge >= 0.3 is 0 Å². The van der Waals surface area contributed by atoms with Gasteiger partial charge in [0.2, 0.25) is 5.91 Å². The van der Waals surface area contributed by atoms with Gasteiger partial charge in [-0.25, -0.2) is 4.39 Å².